The lowest BCUT2D eigenvalue weighted by atomic mass is 10.1. The normalized spacial score (nSPS) is 11.2. The molecule has 0 bridgehead atoms. The molecule has 12 rings (SSSR count). The summed E-state index contributed by atoms with van der Waals surface area (Å²) < 4.78 is 0. The minimum atomic E-state index is 0.326. The number of hydrogen-bond acceptors (Lipinski definition) is 1. The number of hydrogen-bond donors (Lipinski definition) is 7. The maximum atomic E-state index is 8.69. The van der Waals surface area contributed by atoms with Crippen molar-refractivity contribution in [1.82, 2.24) is 29.9 Å². The highest BCUT2D eigenvalue weighted by Gasteiger charge is 2.08. The number of aliphatic hydroxyl groups is 1. The second kappa shape index (κ2) is 47.0. The largest absolute Gasteiger partial charge is 0.396 e. The molecule has 0 atom stereocenters. The van der Waals surface area contributed by atoms with Crippen LogP contribution in [0, 0.1) is 0 Å². The minimum absolute atomic E-state index is 0.326. The fraction of sp³-hybridized carbons (Fsp3) is 0.422. The van der Waals surface area contributed by atoms with E-state index >= 15 is 0 Å². The first-order chi connectivity index (χ1) is 48.0. The Morgan fingerprint density at radius 2 is 0.474 bits per heavy atom. The number of aliphatic hydroxyl groups excluding tert-OH is 1. The molecule has 0 amide bonds. The van der Waals surface area contributed by atoms with Gasteiger partial charge in [-0.15, -0.1) is 0 Å². The van der Waals surface area contributed by atoms with E-state index in [0.29, 0.717) is 6.61 Å². The van der Waals surface area contributed by atoms with Gasteiger partial charge in [-0.1, -0.05) is 264 Å². The molecular formula is C90H122N6O. The maximum Gasteiger partial charge on any atom is 0.0456 e. The number of benzene rings is 6. The Hall–Kier alpha value is -8.00. The molecule has 0 fully saturated rings. The van der Waals surface area contributed by atoms with Crippen LogP contribution in [0.4, 0.5) is 0 Å². The number of aromatic amines is 6. The molecule has 7 nitrogen and oxygen atoms in total. The van der Waals surface area contributed by atoms with Gasteiger partial charge in [-0.2, -0.15) is 0 Å². The van der Waals surface area contributed by atoms with E-state index in [2.05, 4.69) is 272 Å². The Morgan fingerprint density at radius 3 is 0.722 bits per heavy atom. The topological polar surface area (TPSA) is 115 Å². The second-order valence-corrected chi connectivity index (χ2v) is 26.5. The summed E-state index contributed by atoms with van der Waals surface area (Å²) in [6.07, 6.45) is 62.4. The molecule has 12 aromatic rings. The SMILES string of the molecule is CC/C=C\C/C=C\CCCCCc1c[nH]c2ccccc12.CCCCCCc1c[nH]c2ccccc12.CCCCCCc1c[nH]c2ccccc12.CCCCCCc1c[nH]c2ccccc12.CCCCCCc1c[nH]c2ccccc12.OCCCCCCc1c[nH]c2ccccc12. The van der Waals surface area contributed by atoms with E-state index in [1.54, 1.807) is 0 Å². The van der Waals surface area contributed by atoms with Gasteiger partial charge in [-0.3, -0.25) is 0 Å². The second-order valence-electron chi connectivity index (χ2n) is 26.5. The van der Waals surface area contributed by atoms with Crippen molar-refractivity contribution in [2.75, 3.05) is 6.61 Å². The van der Waals surface area contributed by atoms with Gasteiger partial charge in [0.25, 0.3) is 0 Å². The lowest BCUT2D eigenvalue weighted by Crippen LogP contribution is -1.86. The van der Waals surface area contributed by atoms with Crippen LogP contribution in [0.5, 0.6) is 0 Å². The van der Waals surface area contributed by atoms with Gasteiger partial charge in [0, 0.05) is 109 Å². The van der Waals surface area contributed by atoms with Crippen molar-refractivity contribution in [2.45, 2.75) is 240 Å². The molecule has 7 N–H and O–H groups in total. The van der Waals surface area contributed by atoms with E-state index in [9.17, 15) is 0 Å². The Bertz CT molecular complexity index is 3670. The molecule has 6 aromatic carbocycles. The third-order valence-electron chi connectivity index (χ3n) is 18.8. The summed E-state index contributed by atoms with van der Waals surface area (Å²) in [5.74, 6) is 0. The molecule has 0 unspecified atom stereocenters. The summed E-state index contributed by atoms with van der Waals surface area (Å²) in [7, 11) is 0. The van der Waals surface area contributed by atoms with Crippen LogP contribution in [0.15, 0.2) is 207 Å². The van der Waals surface area contributed by atoms with Gasteiger partial charge >= 0.3 is 0 Å². The lowest BCUT2D eigenvalue weighted by Gasteiger charge is -1.99. The maximum absolute atomic E-state index is 8.69. The van der Waals surface area contributed by atoms with E-state index in [0.717, 1.165) is 32.1 Å². The highest BCUT2D eigenvalue weighted by molar-refractivity contribution is 5.86. The summed E-state index contributed by atoms with van der Waals surface area (Å²) in [5.41, 5.74) is 16.3. The fourth-order valence-corrected chi connectivity index (χ4v) is 13.1. The Labute approximate surface area is 584 Å². The molecule has 0 radical (unpaired) electrons. The molecule has 6 aromatic heterocycles. The molecule has 518 valence electrons. The van der Waals surface area contributed by atoms with Gasteiger partial charge in [0.2, 0.25) is 0 Å². The number of rotatable bonds is 35. The summed E-state index contributed by atoms with van der Waals surface area (Å²) in [6.45, 7) is 11.5. The van der Waals surface area contributed by atoms with E-state index in [1.807, 2.05) is 0 Å². The first-order valence-corrected chi connectivity index (χ1v) is 38.2. The van der Waals surface area contributed by atoms with Crippen LogP contribution in [0.3, 0.4) is 0 Å². The molecule has 6 heterocycles. The van der Waals surface area contributed by atoms with Crippen molar-refractivity contribution in [1.29, 1.82) is 0 Å². The van der Waals surface area contributed by atoms with Gasteiger partial charge in [-0.25, -0.2) is 0 Å². The zero-order valence-corrected chi connectivity index (χ0v) is 60.4. The summed E-state index contributed by atoms with van der Waals surface area (Å²) in [4.78, 5) is 20.0. The number of allylic oxidation sites excluding steroid dienone is 4. The standard InChI is InChI=1S/C20H27N.C14H19NO.4C14H19N/c1-2-3-4-5-6-7-8-9-10-11-14-18-17-21-20-16-13-12-15-19(18)20;16-10-6-2-1-3-7-12-11-15-14-9-5-4-8-13(12)14;4*1-2-3-4-5-8-12-11-15-14-10-7-6-9-13(12)14/h3-4,6-7,12-13,15-17,21H,2,5,8-11,14H2,1H3;4-5,8-9,11,15-16H,1-3,6-7,10H2;4*6-7,9-11,15H,2-5,8H2,1H3/b4-3-,7-6-;;;;;. The molecule has 0 aliphatic rings. The third kappa shape index (κ3) is 27.1. The molecule has 0 aliphatic carbocycles. The first kappa shape index (κ1) is 76.4. The summed E-state index contributed by atoms with van der Waals surface area (Å²) in [6, 6.07) is 51.2. The zero-order chi connectivity index (χ0) is 68.0. The van der Waals surface area contributed by atoms with Crippen LogP contribution in [0.1, 0.15) is 235 Å². The van der Waals surface area contributed by atoms with Crippen molar-refractivity contribution in [3.63, 3.8) is 0 Å². The monoisotopic (exact) mass is 1300 g/mol. The van der Waals surface area contributed by atoms with Gasteiger partial charge in [0.15, 0.2) is 0 Å². The predicted octanol–water partition coefficient (Wildman–Crippen LogP) is 26.6. The summed E-state index contributed by atoms with van der Waals surface area (Å²) >= 11 is 0. The van der Waals surface area contributed by atoms with Crippen LogP contribution in [-0.2, 0) is 38.5 Å². The first-order valence-electron chi connectivity index (χ1n) is 38.2. The molecule has 97 heavy (non-hydrogen) atoms. The number of aromatic nitrogens is 6. The molecule has 0 spiro atoms. The van der Waals surface area contributed by atoms with Gasteiger partial charge in [-0.05, 0) is 179 Å². The van der Waals surface area contributed by atoms with Crippen molar-refractivity contribution >= 4 is 65.4 Å². The van der Waals surface area contributed by atoms with Crippen LogP contribution in [0.25, 0.3) is 65.4 Å². The third-order valence-corrected chi connectivity index (χ3v) is 18.8. The molecule has 0 saturated heterocycles. The number of H-pyrrole nitrogens is 6. The Kier molecular flexibility index (Phi) is 37.0. The number of fused-ring (bicyclic) bond motifs is 6. The van der Waals surface area contributed by atoms with Gasteiger partial charge in [0.1, 0.15) is 0 Å². The number of nitrogens with one attached hydrogen (secondary N) is 6. The van der Waals surface area contributed by atoms with Crippen LogP contribution in [0.2, 0.25) is 0 Å². The smallest absolute Gasteiger partial charge is 0.0456 e. The fourth-order valence-electron chi connectivity index (χ4n) is 13.1. The average Bonchev–Trinajstić information content (AvgIpc) is 1.88. The predicted molar refractivity (Wildman–Crippen MR) is 426 cm³/mol. The van der Waals surface area contributed by atoms with Crippen LogP contribution in [-0.4, -0.2) is 41.6 Å². The quantitative estimate of drug-likeness (QED) is 0.0156. The Morgan fingerprint density at radius 1 is 0.247 bits per heavy atom. The van der Waals surface area contributed by atoms with Crippen LogP contribution >= 0.6 is 0 Å². The van der Waals surface area contributed by atoms with Crippen molar-refractivity contribution in [2.24, 2.45) is 0 Å². The van der Waals surface area contributed by atoms with E-state index in [-0.39, 0.29) is 0 Å². The molecule has 7 heteroatoms. The number of aryl methyl sites for hydroxylation is 6. The highest BCUT2D eigenvalue weighted by Crippen LogP contribution is 2.26. The van der Waals surface area contributed by atoms with Crippen molar-refractivity contribution in [3.8, 4) is 0 Å². The Balaban J connectivity index is 0.000000165. The van der Waals surface area contributed by atoms with Crippen molar-refractivity contribution < 1.29 is 5.11 Å². The van der Waals surface area contributed by atoms with Crippen molar-refractivity contribution in [3.05, 3.63) is 240 Å². The van der Waals surface area contributed by atoms with E-state index < -0.39 is 0 Å². The highest BCUT2D eigenvalue weighted by atomic mass is 16.2. The van der Waals surface area contributed by atoms with Gasteiger partial charge < -0.3 is 35.0 Å². The van der Waals surface area contributed by atoms with E-state index in [4.69, 9.17) is 5.11 Å². The minimum Gasteiger partial charge on any atom is -0.396 e. The number of unbranched alkanes of at least 4 members (excludes halogenated alkanes) is 18. The average molecular weight is 1300 g/mol. The molecule has 0 aliphatic heterocycles. The van der Waals surface area contributed by atoms with E-state index in [1.165, 1.54) is 272 Å². The molecular weight excluding hydrogens is 1180 g/mol. The molecule has 0 saturated carbocycles. The van der Waals surface area contributed by atoms with Gasteiger partial charge in [0.05, 0.1) is 0 Å². The number of para-hydroxylation sites is 6. The zero-order valence-electron chi connectivity index (χ0n) is 60.4. The summed E-state index contributed by atoms with van der Waals surface area (Å²) in [5, 5.41) is 17.0. The van der Waals surface area contributed by atoms with Crippen LogP contribution < -0.4 is 0 Å². The lowest BCUT2D eigenvalue weighted by molar-refractivity contribution is 0.282.